The first-order valence-corrected chi connectivity index (χ1v) is 10.9. The quantitative estimate of drug-likeness (QED) is 0.438. The monoisotopic (exact) mass is 449 g/mol. The Kier molecular flexibility index (Phi) is 6.07. The minimum atomic E-state index is -0.364. The number of amides is 1. The molecule has 7 nitrogen and oxygen atoms in total. The van der Waals surface area contributed by atoms with E-state index in [0.29, 0.717) is 39.1 Å². The Morgan fingerprint density at radius 1 is 1.09 bits per heavy atom. The second-order valence-electron chi connectivity index (χ2n) is 7.38. The molecule has 0 saturated heterocycles. The number of Topliss-reactive ketones (excluding diaryl/α,β-unsaturated/α-hetero) is 1. The summed E-state index contributed by atoms with van der Waals surface area (Å²) in [5.41, 5.74) is 6.39. The lowest BCUT2D eigenvalue weighted by atomic mass is 10.1. The normalized spacial score (nSPS) is 11.1. The molecule has 1 amide bonds. The molecular formula is C24H23N3O4S. The highest BCUT2D eigenvalue weighted by Gasteiger charge is 2.27. The van der Waals surface area contributed by atoms with Crippen LogP contribution in [0.2, 0.25) is 0 Å². The van der Waals surface area contributed by atoms with Gasteiger partial charge in [0.15, 0.2) is 11.5 Å². The molecule has 0 radical (unpaired) electrons. The van der Waals surface area contributed by atoms with E-state index in [1.807, 2.05) is 30.3 Å². The number of nitrogens with zero attached hydrogens (tertiary/aromatic N) is 2. The first kappa shape index (κ1) is 21.7. The van der Waals surface area contributed by atoms with Crippen molar-refractivity contribution in [2.45, 2.75) is 6.54 Å². The third-order valence-electron chi connectivity index (χ3n) is 5.37. The molecule has 2 heterocycles. The number of hydrogen-bond acceptors (Lipinski definition) is 6. The molecule has 2 aromatic heterocycles. The van der Waals surface area contributed by atoms with Gasteiger partial charge in [0.05, 0.1) is 23.9 Å². The fourth-order valence-corrected chi connectivity index (χ4v) is 5.06. The van der Waals surface area contributed by atoms with Crippen molar-refractivity contribution in [2.24, 2.45) is 5.73 Å². The van der Waals surface area contributed by atoms with Gasteiger partial charge in [-0.15, -0.1) is 11.3 Å². The molecule has 0 fully saturated rings. The van der Waals surface area contributed by atoms with Crippen LogP contribution in [0, 0.1) is 0 Å². The van der Waals surface area contributed by atoms with Crippen molar-refractivity contribution in [1.29, 1.82) is 0 Å². The highest BCUT2D eigenvalue weighted by atomic mass is 32.1. The van der Waals surface area contributed by atoms with Crippen molar-refractivity contribution in [3.8, 4) is 5.75 Å². The number of methoxy groups -OCH3 is 1. The lowest BCUT2D eigenvalue weighted by molar-refractivity contribution is 0.0800. The molecule has 164 valence electrons. The van der Waals surface area contributed by atoms with Crippen LogP contribution >= 0.6 is 11.3 Å². The molecule has 0 unspecified atom stereocenters. The van der Waals surface area contributed by atoms with Crippen molar-refractivity contribution in [3.63, 3.8) is 0 Å². The van der Waals surface area contributed by atoms with Crippen LogP contribution in [-0.2, 0) is 6.54 Å². The Morgan fingerprint density at radius 2 is 1.78 bits per heavy atom. The van der Waals surface area contributed by atoms with Crippen molar-refractivity contribution in [1.82, 2.24) is 9.47 Å². The number of fused-ring (bicyclic) bond motifs is 3. The molecule has 8 heteroatoms. The lowest BCUT2D eigenvalue weighted by Crippen LogP contribution is -2.31. The van der Waals surface area contributed by atoms with Crippen LogP contribution in [0.5, 0.6) is 5.75 Å². The molecule has 32 heavy (non-hydrogen) atoms. The van der Waals surface area contributed by atoms with E-state index in [1.54, 1.807) is 31.3 Å². The number of hydrogen-bond donors (Lipinski definition) is 1. The van der Waals surface area contributed by atoms with Crippen LogP contribution < -0.4 is 16.0 Å². The zero-order chi connectivity index (χ0) is 22.8. The summed E-state index contributed by atoms with van der Waals surface area (Å²) in [5.74, 6) is -0.204. The van der Waals surface area contributed by atoms with Gasteiger partial charge in [-0.05, 0) is 6.07 Å². The first-order chi connectivity index (χ1) is 15.5. The second kappa shape index (κ2) is 8.94. The topological polar surface area (TPSA) is 94.6 Å². The van der Waals surface area contributed by atoms with E-state index in [0.717, 1.165) is 5.39 Å². The van der Waals surface area contributed by atoms with Gasteiger partial charge in [-0.25, -0.2) is 0 Å². The fourth-order valence-electron chi connectivity index (χ4n) is 3.77. The summed E-state index contributed by atoms with van der Waals surface area (Å²) in [6.07, 6.45) is 0. The first-order valence-electron chi connectivity index (χ1n) is 10.1. The summed E-state index contributed by atoms with van der Waals surface area (Å²) in [4.78, 5) is 41.4. The second-order valence-corrected chi connectivity index (χ2v) is 8.40. The van der Waals surface area contributed by atoms with Crippen LogP contribution in [0.15, 0.2) is 59.4 Å². The minimum Gasteiger partial charge on any atom is -0.494 e. The van der Waals surface area contributed by atoms with Crippen molar-refractivity contribution >= 4 is 44.0 Å². The van der Waals surface area contributed by atoms with Gasteiger partial charge in [0, 0.05) is 31.1 Å². The summed E-state index contributed by atoms with van der Waals surface area (Å²) in [6.45, 7) is 0.591. The van der Waals surface area contributed by atoms with Crippen LogP contribution in [0.3, 0.4) is 0 Å². The average Bonchev–Trinajstić information content (AvgIpc) is 3.22. The number of ether oxygens (including phenoxy) is 1. The third-order valence-corrected chi connectivity index (χ3v) is 6.56. The van der Waals surface area contributed by atoms with E-state index in [1.165, 1.54) is 27.9 Å². The van der Waals surface area contributed by atoms with Gasteiger partial charge in [-0.2, -0.15) is 0 Å². The number of thiophene rings is 1. The van der Waals surface area contributed by atoms with Gasteiger partial charge in [0.25, 0.3) is 11.5 Å². The highest BCUT2D eigenvalue weighted by Crippen LogP contribution is 2.40. The summed E-state index contributed by atoms with van der Waals surface area (Å²) >= 11 is 1.22. The number of carbonyl (C=O) groups is 2. The maximum Gasteiger partial charge on any atom is 0.267 e. The molecule has 2 aromatic carbocycles. The minimum absolute atomic E-state index is 0.116. The molecular weight excluding hydrogens is 426 g/mol. The Bertz CT molecular complexity index is 1380. The number of nitrogens with two attached hydrogens (primary N) is 1. The van der Waals surface area contributed by atoms with E-state index in [4.69, 9.17) is 10.5 Å². The van der Waals surface area contributed by atoms with E-state index in [9.17, 15) is 14.4 Å². The van der Waals surface area contributed by atoms with Crippen molar-refractivity contribution < 1.29 is 14.3 Å². The average molecular weight is 450 g/mol. The van der Waals surface area contributed by atoms with Crippen LogP contribution in [0.25, 0.3) is 21.0 Å². The van der Waals surface area contributed by atoms with Gasteiger partial charge >= 0.3 is 0 Å². The maximum absolute atomic E-state index is 13.6. The van der Waals surface area contributed by atoms with Crippen LogP contribution in [-0.4, -0.2) is 48.4 Å². The van der Waals surface area contributed by atoms with Gasteiger partial charge in [0.1, 0.15) is 10.3 Å². The largest absolute Gasteiger partial charge is 0.494 e. The number of aromatic nitrogens is 1. The molecule has 0 bridgehead atoms. The smallest absolute Gasteiger partial charge is 0.267 e. The van der Waals surface area contributed by atoms with E-state index in [2.05, 4.69) is 0 Å². The van der Waals surface area contributed by atoms with Gasteiger partial charge in [-0.3, -0.25) is 19.0 Å². The molecule has 0 saturated carbocycles. The number of rotatable bonds is 7. The fraction of sp³-hybridized carbons (Fsp3) is 0.208. The zero-order valence-electron chi connectivity index (χ0n) is 17.8. The molecule has 0 aliphatic rings. The highest BCUT2D eigenvalue weighted by molar-refractivity contribution is 7.22. The van der Waals surface area contributed by atoms with E-state index in [-0.39, 0.29) is 29.5 Å². The Balaban J connectivity index is 1.96. The van der Waals surface area contributed by atoms with Gasteiger partial charge < -0.3 is 15.4 Å². The summed E-state index contributed by atoms with van der Waals surface area (Å²) in [5, 5.41) is 1.09. The molecule has 0 spiro atoms. The summed E-state index contributed by atoms with van der Waals surface area (Å²) < 4.78 is 7.68. The zero-order valence-corrected chi connectivity index (χ0v) is 18.6. The number of likely N-dealkylation sites (N-methyl/N-ethyl adjacent to an activating group) is 1. The molecule has 4 aromatic rings. The number of carbonyl (C=O) groups excluding carboxylic acids is 2. The number of pyridine rings is 1. The van der Waals surface area contributed by atoms with Gasteiger partial charge in [0.2, 0.25) is 0 Å². The third kappa shape index (κ3) is 3.68. The van der Waals surface area contributed by atoms with Crippen molar-refractivity contribution in [3.05, 3.63) is 75.4 Å². The predicted molar refractivity (Wildman–Crippen MR) is 127 cm³/mol. The molecule has 4 rings (SSSR count). The maximum atomic E-state index is 13.6. The predicted octanol–water partition coefficient (Wildman–Crippen LogP) is 3.14. The molecule has 0 atom stereocenters. The number of para-hydroxylation sites is 1. The van der Waals surface area contributed by atoms with Crippen LogP contribution in [0.4, 0.5) is 0 Å². The van der Waals surface area contributed by atoms with E-state index < -0.39 is 0 Å². The number of ketones is 1. The Hall–Kier alpha value is -3.49. The Labute approximate surface area is 188 Å². The summed E-state index contributed by atoms with van der Waals surface area (Å²) in [7, 11) is 3.10. The van der Waals surface area contributed by atoms with Gasteiger partial charge in [-0.1, -0.05) is 48.5 Å². The van der Waals surface area contributed by atoms with E-state index >= 15 is 0 Å². The molecule has 2 N–H and O–H groups in total. The Morgan fingerprint density at radius 3 is 2.47 bits per heavy atom. The SMILES string of the molecule is COc1c(C(=O)N(C)CCN)sc2c1c(=O)n(CC(=O)c1ccccc1)c1ccccc21. The number of benzene rings is 2. The summed E-state index contributed by atoms with van der Waals surface area (Å²) in [6, 6.07) is 16.2. The molecule has 0 aliphatic carbocycles. The standard InChI is InChI=1S/C24H23N3O4S/c1-26(13-12-25)24(30)22-20(31-2)19-21(32-22)16-10-6-7-11-17(16)27(23(19)29)14-18(28)15-8-4-3-5-9-15/h3-11H,12-14,25H2,1-2H3. The molecule has 0 aliphatic heterocycles. The van der Waals surface area contributed by atoms with Crippen LogP contribution in [0.1, 0.15) is 20.0 Å². The van der Waals surface area contributed by atoms with Crippen molar-refractivity contribution in [2.75, 3.05) is 27.2 Å². The lowest BCUT2D eigenvalue weighted by Gasteiger charge is -2.15.